The van der Waals surface area contributed by atoms with Gasteiger partial charge in [0.25, 0.3) is 0 Å². The molecule has 2 rings (SSSR count). The van der Waals surface area contributed by atoms with E-state index in [-0.39, 0.29) is 18.4 Å². The molecular weight excluding hydrogens is 308 g/mol. The summed E-state index contributed by atoms with van der Waals surface area (Å²) in [5, 5.41) is 6.45. The molecule has 2 atom stereocenters. The first-order valence-electron chi connectivity index (χ1n) is 7.04. The Balaban J connectivity index is 2.01. The summed E-state index contributed by atoms with van der Waals surface area (Å²) in [4.78, 5) is 24.1. The summed E-state index contributed by atoms with van der Waals surface area (Å²) >= 11 is 5.84. The molecular formula is C15H19ClN2O4. The lowest BCUT2D eigenvalue weighted by Gasteiger charge is -2.24. The molecule has 120 valence electrons. The van der Waals surface area contributed by atoms with Crippen LogP contribution in [0.15, 0.2) is 24.3 Å². The van der Waals surface area contributed by atoms with Gasteiger partial charge in [0, 0.05) is 24.0 Å². The van der Waals surface area contributed by atoms with E-state index in [2.05, 4.69) is 10.6 Å². The van der Waals surface area contributed by atoms with Crippen LogP contribution in [0.25, 0.3) is 0 Å². The summed E-state index contributed by atoms with van der Waals surface area (Å²) in [6.45, 7) is 1.85. The molecule has 0 bridgehead atoms. The van der Waals surface area contributed by atoms with Crippen LogP contribution >= 0.6 is 11.6 Å². The molecule has 0 aromatic heterocycles. The number of hydrogen-bond acceptors (Lipinski definition) is 5. The Bertz CT molecular complexity index is 515. The molecule has 0 saturated carbocycles. The number of carbonyl (C=O) groups is 2. The van der Waals surface area contributed by atoms with E-state index in [1.165, 1.54) is 7.11 Å². The van der Waals surface area contributed by atoms with Crippen molar-refractivity contribution in [2.24, 2.45) is 0 Å². The van der Waals surface area contributed by atoms with Gasteiger partial charge in [-0.25, -0.2) is 4.79 Å². The minimum atomic E-state index is -0.848. The average molecular weight is 327 g/mol. The van der Waals surface area contributed by atoms with Crippen LogP contribution in [0.4, 0.5) is 0 Å². The molecule has 2 unspecified atom stereocenters. The maximum absolute atomic E-state index is 12.1. The number of ether oxygens (including phenoxy) is 2. The number of halogens is 1. The number of methoxy groups -OCH3 is 1. The number of morpholine rings is 1. The number of hydrogen-bond donors (Lipinski definition) is 2. The van der Waals surface area contributed by atoms with Gasteiger partial charge in [-0.05, 0) is 17.7 Å². The molecule has 1 aliphatic rings. The summed E-state index contributed by atoms with van der Waals surface area (Å²) in [7, 11) is 1.29. The highest BCUT2D eigenvalue weighted by molar-refractivity contribution is 6.30. The van der Waals surface area contributed by atoms with E-state index in [9.17, 15) is 9.59 Å². The number of benzene rings is 1. The first kappa shape index (κ1) is 16.7. The zero-order valence-corrected chi connectivity index (χ0v) is 13.1. The SMILES string of the molecule is COC(=O)C(NC(=O)CC1COCCN1)c1ccc(Cl)cc1. The number of rotatable bonds is 5. The molecule has 0 spiro atoms. The Morgan fingerprint density at radius 3 is 2.77 bits per heavy atom. The van der Waals surface area contributed by atoms with Crippen LogP contribution in [-0.2, 0) is 19.1 Å². The van der Waals surface area contributed by atoms with Crippen LogP contribution < -0.4 is 10.6 Å². The van der Waals surface area contributed by atoms with E-state index in [1.807, 2.05) is 0 Å². The fourth-order valence-corrected chi connectivity index (χ4v) is 2.37. The predicted octanol–water partition coefficient (Wildman–Crippen LogP) is 1.05. The molecule has 0 aliphatic carbocycles. The van der Waals surface area contributed by atoms with Gasteiger partial charge in [-0.2, -0.15) is 0 Å². The van der Waals surface area contributed by atoms with Crippen molar-refractivity contribution in [1.82, 2.24) is 10.6 Å². The standard InChI is InChI=1S/C15H19ClN2O4/c1-21-15(20)14(10-2-4-11(16)5-3-10)18-13(19)8-12-9-22-7-6-17-12/h2-5,12,14,17H,6-9H2,1H3,(H,18,19). The van der Waals surface area contributed by atoms with Gasteiger partial charge < -0.3 is 20.1 Å². The monoisotopic (exact) mass is 326 g/mol. The van der Waals surface area contributed by atoms with Gasteiger partial charge in [-0.15, -0.1) is 0 Å². The van der Waals surface area contributed by atoms with Crippen molar-refractivity contribution in [3.63, 3.8) is 0 Å². The number of esters is 1. The zero-order chi connectivity index (χ0) is 15.9. The zero-order valence-electron chi connectivity index (χ0n) is 12.3. The van der Waals surface area contributed by atoms with Gasteiger partial charge in [-0.1, -0.05) is 23.7 Å². The number of nitrogens with one attached hydrogen (secondary N) is 2. The van der Waals surface area contributed by atoms with Gasteiger partial charge in [0.05, 0.1) is 20.3 Å². The summed E-state index contributed by atoms with van der Waals surface area (Å²) < 4.78 is 10.1. The van der Waals surface area contributed by atoms with Crippen LogP contribution in [0, 0.1) is 0 Å². The molecule has 1 saturated heterocycles. The van der Waals surface area contributed by atoms with Crippen molar-refractivity contribution in [3.05, 3.63) is 34.9 Å². The normalized spacial score (nSPS) is 19.3. The van der Waals surface area contributed by atoms with Crippen LogP contribution in [-0.4, -0.2) is 44.8 Å². The molecule has 7 heteroatoms. The second kappa shape index (κ2) is 8.12. The molecule has 22 heavy (non-hydrogen) atoms. The minimum Gasteiger partial charge on any atom is -0.467 e. The largest absolute Gasteiger partial charge is 0.467 e. The highest BCUT2D eigenvalue weighted by atomic mass is 35.5. The van der Waals surface area contributed by atoms with E-state index in [0.29, 0.717) is 23.8 Å². The third-order valence-corrected chi connectivity index (χ3v) is 3.63. The summed E-state index contributed by atoms with van der Waals surface area (Å²) in [6, 6.07) is 5.81. The second-order valence-corrected chi connectivity index (χ2v) is 5.44. The predicted molar refractivity (Wildman–Crippen MR) is 81.6 cm³/mol. The Morgan fingerprint density at radius 2 is 2.18 bits per heavy atom. The fraction of sp³-hybridized carbons (Fsp3) is 0.467. The molecule has 1 aromatic carbocycles. The lowest BCUT2D eigenvalue weighted by atomic mass is 10.1. The van der Waals surface area contributed by atoms with Gasteiger partial charge >= 0.3 is 5.97 Å². The van der Waals surface area contributed by atoms with Crippen molar-refractivity contribution in [2.45, 2.75) is 18.5 Å². The minimum absolute atomic E-state index is 0.0442. The average Bonchev–Trinajstić information content (AvgIpc) is 2.54. The Labute approximate surface area is 134 Å². The first-order chi connectivity index (χ1) is 10.6. The summed E-state index contributed by atoms with van der Waals surface area (Å²) in [5.41, 5.74) is 0.623. The van der Waals surface area contributed by atoms with Crippen molar-refractivity contribution in [2.75, 3.05) is 26.9 Å². The second-order valence-electron chi connectivity index (χ2n) is 5.01. The molecule has 1 amide bonds. The van der Waals surface area contributed by atoms with Crippen LogP contribution in [0.3, 0.4) is 0 Å². The maximum atomic E-state index is 12.1. The Kier molecular flexibility index (Phi) is 6.18. The Morgan fingerprint density at radius 1 is 1.45 bits per heavy atom. The molecule has 6 nitrogen and oxygen atoms in total. The molecule has 1 aromatic rings. The van der Waals surface area contributed by atoms with Gasteiger partial charge in [0.1, 0.15) is 0 Å². The first-order valence-corrected chi connectivity index (χ1v) is 7.41. The van der Waals surface area contributed by atoms with E-state index < -0.39 is 12.0 Å². The van der Waals surface area contributed by atoms with E-state index in [4.69, 9.17) is 21.1 Å². The van der Waals surface area contributed by atoms with Crippen LogP contribution in [0.5, 0.6) is 0 Å². The molecule has 1 heterocycles. The van der Waals surface area contributed by atoms with Gasteiger partial charge in [0.15, 0.2) is 6.04 Å². The van der Waals surface area contributed by atoms with E-state index >= 15 is 0 Å². The number of amides is 1. The van der Waals surface area contributed by atoms with Crippen molar-refractivity contribution < 1.29 is 19.1 Å². The topological polar surface area (TPSA) is 76.7 Å². The van der Waals surface area contributed by atoms with Crippen LogP contribution in [0.1, 0.15) is 18.0 Å². The molecule has 2 N–H and O–H groups in total. The highest BCUT2D eigenvalue weighted by Gasteiger charge is 2.25. The van der Waals surface area contributed by atoms with Crippen LogP contribution in [0.2, 0.25) is 5.02 Å². The quantitative estimate of drug-likeness (QED) is 0.791. The highest BCUT2D eigenvalue weighted by Crippen LogP contribution is 2.18. The van der Waals surface area contributed by atoms with Crippen molar-refractivity contribution in [1.29, 1.82) is 0 Å². The molecule has 1 aliphatic heterocycles. The lowest BCUT2D eigenvalue weighted by Crippen LogP contribution is -2.45. The third-order valence-electron chi connectivity index (χ3n) is 3.38. The Hall–Kier alpha value is -1.63. The smallest absolute Gasteiger partial charge is 0.333 e. The molecule has 1 fully saturated rings. The van der Waals surface area contributed by atoms with Gasteiger partial charge in [-0.3, -0.25) is 4.79 Å². The fourth-order valence-electron chi connectivity index (χ4n) is 2.25. The van der Waals surface area contributed by atoms with Crippen molar-refractivity contribution in [3.8, 4) is 0 Å². The number of carbonyl (C=O) groups excluding carboxylic acids is 2. The van der Waals surface area contributed by atoms with Gasteiger partial charge in [0.2, 0.25) is 5.91 Å². The summed E-state index contributed by atoms with van der Waals surface area (Å²) in [5.74, 6) is -0.767. The summed E-state index contributed by atoms with van der Waals surface area (Å²) in [6.07, 6.45) is 0.237. The van der Waals surface area contributed by atoms with E-state index in [0.717, 1.165) is 6.54 Å². The third kappa shape index (κ3) is 4.69. The van der Waals surface area contributed by atoms with Crippen molar-refractivity contribution >= 4 is 23.5 Å². The lowest BCUT2D eigenvalue weighted by molar-refractivity contribution is -0.145. The molecule has 0 radical (unpaired) electrons. The van der Waals surface area contributed by atoms with E-state index in [1.54, 1.807) is 24.3 Å². The maximum Gasteiger partial charge on any atom is 0.333 e.